The van der Waals surface area contributed by atoms with E-state index in [0.29, 0.717) is 12.0 Å². The number of carbonyl (C=O) groups excluding carboxylic acids is 1. The van der Waals surface area contributed by atoms with Crippen LogP contribution >= 0.6 is 0 Å². The molecular weight excluding hydrogens is 243 g/mol. The van der Waals surface area contributed by atoms with Crippen molar-refractivity contribution in [2.75, 3.05) is 11.5 Å². The van der Waals surface area contributed by atoms with E-state index in [9.17, 15) is 17.6 Å². The summed E-state index contributed by atoms with van der Waals surface area (Å²) in [6.07, 6.45) is 0.501. The molecule has 0 aliphatic carbocycles. The summed E-state index contributed by atoms with van der Waals surface area (Å²) in [6, 6.07) is 5.11. The zero-order chi connectivity index (χ0) is 12.9. The number of rotatable bonds is 6. The Hall–Kier alpha value is -1.23. The van der Waals surface area contributed by atoms with Crippen molar-refractivity contribution < 1.29 is 17.6 Å². The van der Waals surface area contributed by atoms with Gasteiger partial charge in [0.25, 0.3) is 0 Å². The van der Waals surface area contributed by atoms with Crippen LogP contribution in [0, 0.1) is 5.82 Å². The Balaban J connectivity index is 2.59. The third-order valence-electron chi connectivity index (χ3n) is 2.32. The quantitative estimate of drug-likeness (QED) is 0.735. The second kappa shape index (κ2) is 5.91. The summed E-state index contributed by atoms with van der Waals surface area (Å²) in [5, 5.41) is 0. The minimum Gasteiger partial charge on any atom is -0.294 e. The highest BCUT2D eigenvalue weighted by Crippen LogP contribution is 2.07. The van der Waals surface area contributed by atoms with Crippen LogP contribution in [0.1, 0.15) is 30.1 Å². The number of ketones is 1. The SMILES string of the molecule is CCCS(=O)(=O)CCC(=O)c1ccc(F)cc1. The van der Waals surface area contributed by atoms with E-state index in [2.05, 4.69) is 0 Å². The topological polar surface area (TPSA) is 51.2 Å². The maximum Gasteiger partial charge on any atom is 0.163 e. The van der Waals surface area contributed by atoms with Gasteiger partial charge >= 0.3 is 0 Å². The van der Waals surface area contributed by atoms with Gasteiger partial charge < -0.3 is 0 Å². The van der Waals surface area contributed by atoms with E-state index in [1.165, 1.54) is 24.3 Å². The third kappa shape index (κ3) is 4.65. The van der Waals surface area contributed by atoms with Crippen molar-refractivity contribution in [1.82, 2.24) is 0 Å². The number of Topliss-reactive ketones (excluding diaryl/α,β-unsaturated/α-hetero) is 1. The Morgan fingerprint density at radius 3 is 2.29 bits per heavy atom. The summed E-state index contributed by atoms with van der Waals surface area (Å²) < 4.78 is 35.4. The molecule has 0 heterocycles. The second-order valence-corrected chi connectivity index (χ2v) is 6.14. The van der Waals surface area contributed by atoms with Gasteiger partial charge in [0.15, 0.2) is 15.6 Å². The highest BCUT2D eigenvalue weighted by Gasteiger charge is 2.13. The molecule has 0 N–H and O–H groups in total. The lowest BCUT2D eigenvalue weighted by atomic mass is 10.1. The molecule has 0 radical (unpaired) electrons. The first kappa shape index (κ1) is 13.8. The van der Waals surface area contributed by atoms with Crippen LogP contribution in [0.2, 0.25) is 0 Å². The number of hydrogen-bond donors (Lipinski definition) is 0. The minimum absolute atomic E-state index is 0.0477. The van der Waals surface area contributed by atoms with E-state index in [-0.39, 0.29) is 23.7 Å². The number of carbonyl (C=O) groups is 1. The Labute approximate surface area is 101 Å². The maximum atomic E-state index is 12.6. The zero-order valence-electron chi connectivity index (χ0n) is 9.65. The van der Waals surface area contributed by atoms with Crippen LogP contribution in [0.25, 0.3) is 0 Å². The Kier molecular flexibility index (Phi) is 4.81. The van der Waals surface area contributed by atoms with E-state index >= 15 is 0 Å². The van der Waals surface area contributed by atoms with Crippen LogP contribution in [-0.2, 0) is 9.84 Å². The summed E-state index contributed by atoms with van der Waals surface area (Å²) in [5.74, 6) is -0.731. The van der Waals surface area contributed by atoms with Crippen molar-refractivity contribution in [3.63, 3.8) is 0 Å². The molecule has 0 aromatic heterocycles. The standard InChI is InChI=1S/C12H15FO3S/c1-2-8-17(15,16)9-7-12(14)10-3-5-11(13)6-4-10/h3-6H,2,7-9H2,1H3. The largest absolute Gasteiger partial charge is 0.294 e. The summed E-state index contributed by atoms with van der Waals surface area (Å²) in [4.78, 5) is 11.6. The van der Waals surface area contributed by atoms with Gasteiger partial charge in [-0.25, -0.2) is 12.8 Å². The van der Waals surface area contributed by atoms with Crippen LogP contribution < -0.4 is 0 Å². The van der Waals surface area contributed by atoms with Gasteiger partial charge in [0.05, 0.1) is 5.75 Å². The zero-order valence-corrected chi connectivity index (χ0v) is 10.5. The molecule has 0 amide bonds. The minimum atomic E-state index is -3.14. The third-order valence-corrected chi connectivity index (χ3v) is 4.18. The van der Waals surface area contributed by atoms with Crippen LogP contribution in [0.5, 0.6) is 0 Å². The van der Waals surface area contributed by atoms with E-state index < -0.39 is 15.7 Å². The number of halogens is 1. The summed E-state index contributed by atoms with van der Waals surface area (Å²) in [7, 11) is -3.14. The predicted octanol–water partition coefficient (Wildman–Crippen LogP) is 2.22. The van der Waals surface area contributed by atoms with Crippen LogP contribution in [0.15, 0.2) is 24.3 Å². The summed E-state index contributed by atoms with van der Waals surface area (Å²) in [6.45, 7) is 1.78. The van der Waals surface area contributed by atoms with Crippen molar-refractivity contribution in [3.05, 3.63) is 35.6 Å². The van der Waals surface area contributed by atoms with Gasteiger partial charge in [-0.05, 0) is 30.7 Å². The van der Waals surface area contributed by atoms with Gasteiger partial charge in [0.2, 0.25) is 0 Å². The van der Waals surface area contributed by atoms with Crippen molar-refractivity contribution in [1.29, 1.82) is 0 Å². The summed E-state index contributed by atoms with van der Waals surface area (Å²) >= 11 is 0. The molecule has 0 spiro atoms. The molecule has 1 aromatic rings. The molecule has 1 rings (SSSR count). The van der Waals surface area contributed by atoms with E-state index in [0.717, 1.165) is 0 Å². The van der Waals surface area contributed by atoms with Gasteiger partial charge in [0.1, 0.15) is 5.82 Å². The molecule has 0 aliphatic heterocycles. The molecule has 94 valence electrons. The monoisotopic (exact) mass is 258 g/mol. The first-order chi connectivity index (χ1) is 7.94. The Morgan fingerprint density at radius 1 is 1.18 bits per heavy atom. The fourth-order valence-corrected chi connectivity index (χ4v) is 2.76. The van der Waals surface area contributed by atoms with Crippen LogP contribution in [0.4, 0.5) is 4.39 Å². The lowest BCUT2D eigenvalue weighted by Gasteiger charge is -2.02. The van der Waals surface area contributed by atoms with Gasteiger partial charge in [-0.3, -0.25) is 4.79 Å². The van der Waals surface area contributed by atoms with Crippen LogP contribution in [-0.4, -0.2) is 25.7 Å². The van der Waals surface area contributed by atoms with Gasteiger partial charge in [-0.15, -0.1) is 0 Å². The fraction of sp³-hybridized carbons (Fsp3) is 0.417. The molecule has 3 nitrogen and oxygen atoms in total. The number of sulfone groups is 1. The molecule has 0 atom stereocenters. The normalized spacial score (nSPS) is 11.4. The summed E-state index contributed by atoms with van der Waals surface area (Å²) in [5.41, 5.74) is 0.345. The first-order valence-corrected chi connectivity index (χ1v) is 7.26. The van der Waals surface area contributed by atoms with E-state index in [1.807, 2.05) is 0 Å². The van der Waals surface area contributed by atoms with Crippen molar-refractivity contribution >= 4 is 15.6 Å². The average molecular weight is 258 g/mol. The number of benzene rings is 1. The van der Waals surface area contributed by atoms with E-state index in [4.69, 9.17) is 0 Å². The first-order valence-electron chi connectivity index (χ1n) is 5.44. The lowest BCUT2D eigenvalue weighted by Crippen LogP contribution is -2.14. The highest BCUT2D eigenvalue weighted by atomic mass is 32.2. The molecule has 0 aliphatic rings. The van der Waals surface area contributed by atoms with Crippen molar-refractivity contribution in [2.45, 2.75) is 19.8 Å². The van der Waals surface area contributed by atoms with Crippen molar-refractivity contribution in [2.24, 2.45) is 0 Å². The van der Waals surface area contributed by atoms with Crippen molar-refractivity contribution in [3.8, 4) is 0 Å². The molecule has 0 bridgehead atoms. The molecule has 1 aromatic carbocycles. The molecule has 0 unspecified atom stereocenters. The fourth-order valence-electron chi connectivity index (χ4n) is 1.44. The van der Waals surface area contributed by atoms with Gasteiger partial charge in [-0.2, -0.15) is 0 Å². The molecular formula is C12H15FO3S. The highest BCUT2D eigenvalue weighted by molar-refractivity contribution is 7.91. The Bertz CT molecular complexity index is 477. The maximum absolute atomic E-state index is 12.6. The average Bonchev–Trinajstić information content (AvgIpc) is 2.27. The predicted molar refractivity (Wildman–Crippen MR) is 64.3 cm³/mol. The molecule has 5 heteroatoms. The molecule has 0 saturated heterocycles. The molecule has 0 fully saturated rings. The number of hydrogen-bond acceptors (Lipinski definition) is 3. The smallest absolute Gasteiger partial charge is 0.163 e. The Morgan fingerprint density at radius 2 is 1.76 bits per heavy atom. The van der Waals surface area contributed by atoms with E-state index in [1.54, 1.807) is 6.92 Å². The molecule has 17 heavy (non-hydrogen) atoms. The lowest BCUT2D eigenvalue weighted by molar-refractivity contribution is 0.0988. The van der Waals surface area contributed by atoms with Gasteiger partial charge in [0, 0.05) is 17.7 Å². The van der Waals surface area contributed by atoms with Crippen LogP contribution in [0.3, 0.4) is 0 Å². The second-order valence-electron chi connectivity index (χ2n) is 3.83. The van der Waals surface area contributed by atoms with Gasteiger partial charge in [-0.1, -0.05) is 6.92 Å². The molecule has 0 saturated carbocycles.